The summed E-state index contributed by atoms with van der Waals surface area (Å²) in [6.07, 6.45) is 0. The van der Waals surface area contributed by atoms with Gasteiger partial charge < -0.3 is 14.8 Å². The molecule has 2 aromatic heterocycles. The molecule has 21 heavy (non-hydrogen) atoms. The quantitative estimate of drug-likeness (QED) is 0.770. The van der Waals surface area contributed by atoms with Crippen LogP contribution in [0, 0.1) is 6.92 Å². The summed E-state index contributed by atoms with van der Waals surface area (Å²) in [5, 5.41) is 12.1. The van der Waals surface area contributed by atoms with Crippen LogP contribution >= 0.6 is 0 Å². The Kier molecular flexibility index (Phi) is 3.35. The van der Waals surface area contributed by atoms with Crippen molar-refractivity contribution in [3.63, 3.8) is 0 Å². The van der Waals surface area contributed by atoms with Crippen molar-refractivity contribution in [3.05, 3.63) is 36.0 Å². The average molecular weight is 284 g/mol. The molecule has 0 aliphatic rings. The molecule has 0 radical (unpaired) electrons. The number of anilines is 2. The highest BCUT2D eigenvalue weighted by atomic mass is 16.5. The lowest BCUT2D eigenvalue weighted by Gasteiger charge is -2.10. The van der Waals surface area contributed by atoms with Gasteiger partial charge in [-0.25, -0.2) is 0 Å². The van der Waals surface area contributed by atoms with Gasteiger partial charge in [-0.05, 0) is 30.5 Å². The number of fused-ring (bicyclic) bond motifs is 1. The Labute approximate surface area is 122 Å². The van der Waals surface area contributed by atoms with Gasteiger partial charge in [-0.2, -0.15) is 10.1 Å². The predicted molar refractivity (Wildman–Crippen MR) is 81.5 cm³/mol. The van der Waals surface area contributed by atoms with Gasteiger partial charge in [0.1, 0.15) is 11.6 Å². The van der Waals surface area contributed by atoms with Gasteiger partial charge in [-0.3, -0.25) is 5.10 Å². The molecule has 0 bridgehead atoms. The first kappa shape index (κ1) is 13.2. The molecule has 0 saturated heterocycles. The maximum Gasteiger partial charge on any atom is 0.223 e. The summed E-state index contributed by atoms with van der Waals surface area (Å²) < 4.78 is 10.6. The van der Waals surface area contributed by atoms with Crippen LogP contribution in [0.15, 0.2) is 30.3 Å². The van der Waals surface area contributed by atoms with Crippen molar-refractivity contribution >= 4 is 22.4 Å². The van der Waals surface area contributed by atoms with Crippen LogP contribution in [0.1, 0.15) is 5.69 Å². The normalized spacial score (nSPS) is 10.6. The molecule has 2 N–H and O–H groups in total. The summed E-state index contributed by atoms with van der Waals surface area (Å²) in [6.45, 7) is 1.94. The van der Waals surface area contributed by atoms with E-state index in [-0.39, 0.29) is 0 Å². The average Bonchev–Trinajstić information content (AvgIpc) is 2.91. The molecule has 3 aromatic rings. The SMILES string of the molecule is COc1ccc2cc(Nc3cc(C)[nH]n3)nc(OC)c2c1. The standard InChI is InChI=1S/C15H16N4O2/c1-9-6-14(19-18-9)16-13-7-10-4-5-11(20-2)8-12(10)15(17-13)21-3/h4-8H,1-3H3,(H2,16,17,18,19). The molecule has 3 rings (SSSR count). The zero-order chi connectivity index (χ0) is 14.8. The number of aromatic amines is 1. The van der Waals surface area contributed by atoms with Gasteiger partial charge in [0.2, 0.25) is 5.88 Å². The van der Waals surface area contributed by atoms with Gasteiger partial charge in [-0.1, -0.05) is 6.07 Å². The fourth-order valence-corrected chi connectivity index (χ4v) is 2.16. The molecule has 0 aliphatic carbocycles. The summed E-state index contributed by atoms with van der Waals surface area (Å²) in [5.74, 6) is 2.71. The number of hydrogen-bond donors (Lipinski definition) is 2. The van der Waals surface area contributed by atoms with Crippen LogP contribution in [0.4, 0.5) is 11.6 Å². The van der Waals surface area contributed by atoms with Gasteiger partial charge >= 0.3 is 0 Å². The van der Waals surface area contributed by atoms with Crippen molar-refractivity contribution in [2.45, 2.75) is 6.92 Å². The van der Waals surface area contributed by atoms with E-state index in [2.05, 4.69) is 20.5 Å². The minimum Gasteiger partial charge on any atom is -0.497 e. The maximum atomic E-state index is 5.38. The number of methoxy groups -OCH3 is 2. The molecule has 6 nitrogen and oxygen atoms in total. The molecule has 1 aromatic carbocycles. The number of pyridine rings is 1. The number of nitrogens with one attached hydrogen (secondary N) is 2. The Morgan fingerprint density at radius 1 is 1.05 bits per heavy atom. The van der Waals surface area contributed by atoms with Gasteiger partial charge in [0.15, 0.2) is 5.82 Å². The second kappa shape index (κ2) is 5.32. The van der Waals surface area contributed by atoms with Crippen LogP contribution in [0.2, 0.25) is 0 Å². The smallest absolute Gasteiger partial charge is 0.223 e. The predicted octanol–water partition coefficient (Wildman–Crippen LogP) is 3.03. The van der Waals surface area contributed by atoms with Gasteiger partial charge in [-0.15, -0.1) is 0 Å². The molecule has 108 valence electrons. The highest BCUT2D eigenvalue weighted by Gasteiger charge is 2.09. The Morgan fingerprint density at radius 3 is 2.57 bits per heavy atom. The molecule has 0 spiro atoms. The van der Waals surface area contributed by atoms with E-state index in [1.807, 2.05) is 37.3 Å². The van der Waals surface area contributed by atoms with Crippen LogP contribution in [0.5, 0.6) is 11.6 Å². The second-order valence-corrected chi connectivity index (χ2v) is 4.67. The van der Waals surface area contributed by atoms with Crippen molar-refractivity contribution in [3.8, 4) is 11.6 Å². The minimum atomic E-state index is 0.543. The first-order chi connectivity index (χ1) is 10.2. The summed E-state index contributed by atoms with van der Waals surface area (Å²) >= 11 is 0. The van der Waals surface area contributed by atoms with Crippen LogP contribution in [0.25, 0.3) is 10.8 Å². The number of nitrogens with zero attached hydrogens (tertiary/aromatic N) is 2. The lowest BCUT2D eigenvalue weighted by molar-refractivity contribution is 0.402. The molecule has 0 unspecified atom stereocenters. The van der Waals surface area contributed by atoms with Crippen LogP contribution < -0.4 is 14.8 Å². The highest BCUT2D eigenvalue weighted by molar-refractivity contribution is 5.90. The van der Waals surface area contributed by atoms with Gasteiger partial charge in [0.05, 0.1) is 14.2 Å². The first-order valence-electron chi connectivity index (χ1n) is 6.51. The van der Waals surface area contributed by atoms with E-state index in [9.17, 15) is 0 Å². The largest absolute Gasteiger partial charge is 0.497 e. The number of H-pyrrole nitrogens is 1. The fourth-order valence-electron chi connectivity index (χ4n) is 2.16. The lowest BCUT2D eigenvalue weighted by atomic mass is 10.1. The zero-order valence-corrected chi connectivity index (χ0v) is 12.1. The van der Waals surface area contributed by atoms with E-state index in [0.717, 1.165) is 28.0 Å². The van der Waals surface area contributed by atoms with E-state index in [4.69, 9.17) is 9.47 Å². The minimum absolute atomic E-state index is 0.543. The molecule has 0 aliphatic heterocycles. The third-order valence-corrected chi connectivity index (χ3v) is 3.16. The number of rotatable bonds is 4. The van der Waals surface area contributed by atoms with Crippen molar-refractivity contribution in [2.75, 3.05) is 19.5 Å². The number of benzene rings is 1. The summed E-state index contributed by atoms with van der Waals surface area (Å²) in [7, 11) is 3.24. The third kappa shape index (κ3) is 2.60. The summed E-state index contributed by atoms with van der Waals surface area (Å²) in [5.41, 5.74) is 0.981. The monoisotopic (exact) mass is 284 g/mol. The van der Waals surface area contributed by atoms with Crippen LogP contribution in [-0.2, 0) is 0 Å². The van der Waals surface area contributed by atoms with E-state index >= 15 is 0 Å². The molecule has 0 amide bonds. The van der Waals surface area contributed by atoms with Crippen molar-refractivity contribution in [1.82, 2.24) is 15.2 Å². The first-order valence-corrected chi connectivity index (χ1v) is 6.51. The molecule has 0 atom stereocenters. The van der Waals surface area contributed by atoms with Crippen LogP contribution in [-0.4, -0.2) is 29.4 Å². The Morgan fingerprint density at radius 2 is 1.90 bits per heavy atom. The van der Waals surface area contributed by atoms with Crippen molar-refractivity contribution in [2.24, 2.45) is 0 Å². The van der Waals surface area contributed by atoms with E-state index in [1.54, 1.807) is 14.2 Å². The zero-order valence-electron chi connectivity index (χ0n) is 12.1. The van der Waals surface area contributed by atoms with Gasteiger partial charge in [0, 0.05) is 17.1 Å². The number of hydrogen-bond acceptors (Lipinski definition) is 5. The van der Waals surface area contributed by atoms with Crippen molar-refractivity contribution < 1.29 is 9.47 Å². The number of ether oxygens (including phenoxy) is 2. The van der Waals surface area contributed by atoms with E-state index in [1.165, 1.54) is 0 Å². The van der Waals surface area contributed by atoms with E-state index < -0.39 is 0 Å². The van der Waals surface area contributed by atoms with E-state index in [0.29, 0.717) is 11.7 Å². The molecule has 0 fully saturated rings. The second-order valence-electron chi connectivity index (χ2n) is 4.67. The Bertz CT molecular complexity index is 782. The Balaban J connectivity index is 2.04. The summed E-state index contributed by atoms with van der Waals surface area (Å²) in [6, 6.07) is 9.64. The molecular formula is C15H16N4O2. The number of aromatic nitrogens is 3. The molecule has 6 heteroatoms. The Hall–Kier alpha value is -2.76. The maximum absolute atomic E-state index is 5.38. The fraction of sp³-hybridized carbons (Fsp3) is 0.200. The molecule has 2 heterocycles. The topological polar surface area (TPSA) is 72.1 Å². The molecule has 0 saturated carbocycles. The lowest BCUT2D eigenvalue weighted by Crippen LogP contribution is -1.97. The highest BCUT2D eigenvalue weighted by Crippen LogP contribution is 2.30. The van der Waals surface area contributed by atoms with Crippen molar-refractivity contribution in [1.29, 1.82) is 0 Å². The third-order valence-electron chi connectivity index (χ3n) is 3.16. The number of aryl methyl sites for hydroxylation is 1. The summed E-state index contributed by atoms with van der Waals surface area (Å²) in [4.78, 5) is 4.46. The molecular weight excluding hydrogens is 268 g/mol. The van der Waals surface area contributed by atoms with Gasteiger partial charge in [0.25, 0.3) is 0 Å². The van der Waals surface area contributed by atoms with Crippen LogP contribution in [0.3, 0.4) is 0 Å².